The van der Waals surface area contributed by atoms with E-state index in [1.165, 1.54) is 0 Å². The molecule has 9 heteroatoms. The number of carbonyl (C=O) groups is 1. The van der Waals surface area contributed by atoms with E-state index in [0.29, 0.717) is 30.0 Å². The van der Waals surface area contributed by atoms with E-state index in [-0.39, 0.29) is 30.7 Å². The van der Waals surface area contributed by atoms with Crippen molar-refractivity contribution in [1.29, 1.82) is 0 Å². The smallest absolute Gasteiger partial charge is 0.405 e. The van der Waals surface area contributed by atoms with Crippen molar-refractivity contribution in [3.05, 3.63) is 29.8 Å². The molecule has 0 bridgehead atoms. The summed E-state index contributed by atoms with van der Waals surface area (Å²) in [5, 5.41) is 11.6. The number of fused-ring (bicyclic) bond motifs is 1. The van der Waals surface area contributed by atoms with Crippen LogP contribution < -0.4 is 11.1 Å². The lowest BCUT2D eigenvalue weighted by atomic mass is 9.81. The molecule has 2 aromatic rings. The first-order chi connectivity index (χ1) is 12.8. The molecule has 0 aromatic carbocycles. The van der Waals surface area contributed by atoms with Gasteiger partial charge in [-0.2, -0.15) is 0 Å². The molecule has 1 amide bonds. The molecule has 2 atom stereocenters. The minimum Gasteiger partial charge on any atom is -0.465 e. The van der Waals surface area contributed by atoms with Gasteiger partial charge in [0, 0.05) is 25.2 Å². The Kier molecular flexibility index (Phi) is 4.49. The van der Waals surface area contributed by atoms with Gasteiger partial charge in [0.15, 0.2) is 0 Å². The normalized spacial score (nSPS) is 22.5. The van der Waals surface area contributed by atoms with E-state index < -0.39 is 18.1 Å². The zero-order valence-corrected chi connectivity index (χ0v) is 14.8. The fourth-order valence-corrected chi connectivity index (χ4v) is 3.90. The first kappa shape index (κ1) is 18.1. The van der Waals surface area contributed by atoms with Crippen LogP contribution in [-0.4, -0.2) is 31.5 Å². The van der Waals surface area contributed by atoms with Crippen molar-refractivity contribution in [2.45, 2.75) is 56.5 Å². The highest BCUT2D eigenvalue weighted by Crippen LogP contribution is 2.41. The van der Waals surface area contributed by atoms with Crippen LogP contribution in [0.3, 0.4) is 0 Å². The van der Waals surface area contributed by atoms with E-state index in [4.69, 9.17) is 10.8 Å². The number of carboxylic acid groups (broad SMARTS) is 1. The summed E-state index contributed by atoms with van der Waals surface area (Å²) in [7, 11) is 0. The molecule has 0 radical (unpaired) electrons. The van der Waals surface area contributed by atoms with E-state index in [9.17, 15) is 13.6 Å². The second-order valence-corrected chi connectivity index (χ2v) is 7.71. The second-order valence-electron chi connectivity index (χ2n) is 7.71. The third-order valence-electron chi connectivity index (χ3n) is 5.67. The van der Waals surface area contributed by atoms with E-state index in [1.807, 2.05) is 0 Å². The van der Waals surface area contributed by atoms with Gasteiger partial charge in [0.1, 0.15) is 0 Å². The van der Waals surface area contributed by atoms with Gasteiger partial charge in [0.05, 0.1) is 23.5 Å². The van der Waals surface area contributed by atoms with Gasteiger partial charge in [-0.25, -0.2) is 23.5 Å². The molecule has 2 saturated carbocycles. The Morgan fingerprint density at radius 1 is 1.22 bits per heavy atom. The Morgan fingerprint density at radius 2 is 1.89 bits per heavy atom. The molecule has 146 valence electrons. The first-order valence-electron chi connectivity index (χ1n) is 9.31. The van der Waals surface area contributed by atoms with Gasteiger partial charge in [0.2, 0.25) is 11.7 Å². The molecule has 4 rings (SSSR count). The summed E-state index contributed by atoms with van der Waals surface area (Å²) < 4.78 is 28.5. The van der Waals surface area contributed by atoms with Crippen LogP contribution in [0.4, 0.5) is 13.6 Å². The lowest BCUT2D eigenvalue weighted by molar-refractivity contribution is -0.0484. The number of alkyl halides is 2. The van der Waals surface area contributed by atoms with Gasteiger partial charge in [-0.3, -0.25) is 4.40 Å². The molecule has 7 nitrogen and oxygen atoms in total. The summed E-state index contributed by atoms with van der Waals surface area (Å²) in [5.74, 6) is -1.91. The van der Waals surface area contributed by atoms with Gasteiger partial charge in [0.25, 0.3) is 0 Å². The van der Waals surface area contributed by atoms with Crippen LogP contribution in [-0.2, 0) is 0 Å². The fraction of sp³-hybridized carbons (Fsp3) is 0.611. The number of rotatable bonds is 5. The maximum Gasteiger partial charge on any atom is 0.405 e. The minimum atomic E-state index is -2.58. The van der Waals surface area contributed by atoms with Crippen LogP contribution >= 0.6 is 0 Å². The zero-order chi connectivity index (χ0) is 19.2. The van der Waals surface area contributed by atoms with E-state index >= 15 is 0 Å². The summed E-state index contributed by atoms with van der Waals surface area (Å²) in [5.41, 5.74) is 7.57. The Labute approximate surface area is 155 Å². The molecule has 1 unspecified atom stereocenters. The molecule has 27 heavy (non-hydrogen) atoms. The van der Waals surface area contributed by atoms with Crippen molar-refractivity contribution in [1.82, 2.24) is 19.7 Å². The number of imidazole rings is 1. The number of halogens is 2. The van der Waals surface area contributed by atoms with Crippen LogP contribution in [0.2, 0.25) is 0 Å². The quantitative estimate of drug-likeness (QED) is 0.739. The van der Waals surface area contributed by atoms with Crippen molar-refractivity contribution in [2.24, 2.45) is 17.6 Å². The van der Waals surface area contributed by atoms with Crippen LogP contribution in [0.15, 0.2) is 18.5 Å². The Balaban J connectivity index is 1.54. The molecule has 2 aromatic heterocycles. The van der Waals surface area contributed by atoms with Crippen LogP contribution in [0, 0.1) is 11.8 Å². The molecular weight excluding hydrogens is 356 g/mol. The summed E-state index contributed by atoms with van der Waals surface area (Å²) in [6.45, 7) is 0. The third kappa shape index (κ3) is 3.87. The highest BCUT2D eigenvalue weighted by atomic mass is 19.3. The van der Waals surface area contributed by atoms with Crippen LogP contribution in [0.5, 0.6) is 0 Å². The largest absolute Gasteiger partial charge is 0.465 e. The van der Waals surface area contributed by atoms with Crippen molar-refractivity contribution in [3.8, 4) is 0 Å². The number of aromatic nitrogens is 3. The molecule has 2 aliphatic carbocycles. The Morgan fingerprint density at radius 3 is 2.52 bits per heavy atom. The fourth-order valence-electron chi connectivity index (χ4n) is 3.90. The van der Waals surface area contributed by atoms with Crippen molar-refractivity contribution in [2.75, 3.05) is 0 Å². The summed E-state index contributed by atoms with van der Waals surface area (Å²) >= 11 is 0. The van der Waals surface area contributed by atoms with Gasteiger partial charge in [-0.15, -0.1) is 0 Å². The standard InChI is InChI=1S/C18H23F2N5O2/c19-18(20)6-3-10(4-7-18)14(21)13-9-25-8-5-12(22-16(25)23-13)15(11-1-2-11)24-17(26)27/h5,8-11,14-15,24H,1-4,6-7,21H2,(H,26,27)/t14?,15-/m1/s1. The lowest BCUT2D eigenvalue weighted by Gasteiger charge is -2.31. The number of nitrogens with one attached hydrogen (secondary N) is 1. The lowest BCUT2D eigenvalue weighted by Crippen LogP contribution is -2.31. The second kappa shape index (κ2) is 6.70. The number of nitrogens with two attached hydrogens (primary N) is 1. The van der Waals surface area contributed by atoms with Gasteiger partial charge >= 0.3 is 6.09 Å². The van der Waals surface area contributed by atoms with Gasteiger partial charge < -0.3 is 16.2 Å². The van der Waals surface area contributed by atoms with Crippen molar-refractivity contribution >= 4 is 11.9 Å². The SMILES string of the molecule is NC(c1cn2ccc([C@H](NC(=O)O)C3CC3)nc2n1)C1CCC(F)(F)CC1. The average molecular weight is 379 g/mol. The summed E-state index contributed by atoms with van der Waals surface area (Å²) in [6.07, 6.45) is 4.92. The monoisotopic (exact) mass is 379 g/mol. The maximum absolute atomic E-state index is 13.4. The summed E-state index contributed by atoms with van der Waals surface area (Å²) in [6, 6.07) is 1.02. The Bertz CT molecular complexity index is 841. The minimum absolute atomic E-state index is 0.0260. The van der Waals surface area contributed by atoms with Crippen molar-refractivity contribution in [3.63, 3.8) is 0 Å². The number of nitrogens with zero attached hydrogens (tertiary/aromatic N) is 3. The predicted octanol–water partition coefficient (Wildman–Crippen LogP) is 3.27. The van der Waals surface area contributed by atoms with Crippen LogP contribution in [0.25, 0.3) is 5.78 Å². The molecular formula is C18H23F2N5O2. The van der Waals surface area contributed by atoms with Gasteiger partial charge in [-0.05, 0) is 43.6 Å². The van der Waals surface area contributed by atoms with Crippen LogP contribution in [0.1, 0.15) is 62.0 Å². The van der Waals surface area contributed by atoms with E-state index in [0.717, 1.165) is 12.8 Å². The molecule has 0 spiro atoms. The Hall–Kier alpha value is -2.29. The average Bonchev–Trinajstić information content (AvgIpc) is 3.36. The number of amides is 1. The van der Waals surface area contributed by atoms with Gasteiger partial charge in [-0.1, -0.05) is 0 Å². The van der Waals surface area contributed by atoms with E-state index in [1.54, 1.807) is 22.9 Å². The number of hydrogen-bond acceptors (Lipinski definition) is 4. The molecule has 0 aliphatic heterocycles. The topological polar surface area (TPSA) is 106 Å². The third-order valence-corrected chi connectivity index (χ3v) is 5.67. The van der Waals surface area contributed by atoms with Crippen molar-refractivity contribution < 1.29 is 18.7 Å². The first-order valence-corrected chi connectivity index (χ1v) is 9.31. The highest BCUT2D eigenvalue weighted by Gasteiger charge is 2.38. The predicted molar refractivity (Wildman–Crippen MR) is 93.4 cm³/mol. The zero-order valence-electron chi connectivity index (χ0n) is 14.8. The molecule has 4 N–H and O–H groups in total. The molecule has 2 heterocycles. The number of hydrogen-bond donors (Lipinski definition) is 3. The molecule has 0 saturated heterocycles. The van der Waals surface area contributed by atoms with E-state index in [2.05, 4.69) is 15.3 Å². The molecule has 2 fully saturated rings. The maximum atomic E-state index is 13.4. The molecule has 2 aliphatic rings. The highest BCUT2D eigenvalue weighted by molar-refractivity contribution is 5.65. The summed E-state index contributed by atoms with van der Waals surface area (Å²) in [4.78, 5) is 20.1.